The lowest BCUT2D eigenvalue weighted by molar-refractivity contribution is -0.128. The molecule has 7 nitrogen and oxygen atoms in total. The second kappa shape index (κ2) is 6.49. The molecule has 3 heterocycles. The summed E-state index contributed by atoms with van der Waals surface area (Å²) in [6.45, 7) is 4.07. The molecule has 0 aromatic carbocycles. The van der Waals surface area contributed by atoms with E-state index in [4.69, 9.17) is 0 Å². The molecule has 1 fully saturated rings. The predicted octanol–water partition coefficient (Wildman–Crippen LogP) is 1.24. The van der Waals surface area contributed by atoms with Crippen LogP contribution in [0.15, 0.2) is 17.8 Å². The van der Waals surface area contributed by atoms with Crippen molar-refractivity contribution in [1.82, 2.24) is 24.6 Å². The van der Waals surface area contributed by atoms with E-state index in [9.17, 15) is 9.59 Å². The van der Waals surface area contributed by atoms with E-state index in [0.29, 0.717) is 31.9 Å². The number of aryl methyl sites for hydroxylation is 1. The van der Waals surface area contributed by atoms with Gasteiger partial charge < -0.3 is 9.80 Å². The highest BCUT2D eigenvalue weighted by molar-refractivity contribution is 7.13. The number of thiazole rings is 1. The van der Waals surface area contributed by atoms with Gasteiger partial charge in [0.25, 0.3) is 5.91 Å². The minimum absolute atomic E-state index is 0.0619. The number of carbonyl (C=O) groups excluding carboxylic acids is 2. The van der Waals surface area contributed by atoms with Gasteiger partial charge in [0.05, 0.1) is 6.20 Å². The van der Waals surface area contributed by atoms with Crippen LogP contribution in [0.2, 0.25) is 0 Å². The Hall–Kier alpha value is -2.22. The highest BCUT2D eigenvalue weighted by Crippen LogP contribution is 2.23. The predicted molar refractivity (Wildman–Crippen MR) is 87.1 cm³/mol. The van der Waals surface area contributed by atoms with E-state index in [1.165, 1.54) is 11.3 Å². The summed E-state index contributed by atoms with van der Waals surface area (Å²) in [5.74, 6) is -0.00591. The van der Waals surface area contributed by atoms with E-state index in [0.717, 1.165) is 17.0 Å². The number of amides is 2. The van der Waals surface area contributed by atoms with Crippen molar-refractivity contribution in [3.8, 4) is 10.6 Å². The van der Waals surface area contributed by atoms with E-state index in [1.807, 2.05) is 13.2 Å². The van der Waals surface area contributed by atoms with Gasteiger partial charge in [-0.05, 0) is 6.42 Å². The molecule has 1 aliphatic heterocycles. The Morgan fingerprint density at radius 1 is 1.17 bits per heavy atom. The molecule has 2 amide bonds. The highest BCUT2D eigenvalue weighted by atomic mass is 32.1. The molecule has 2 aromatic heterocycles. The monoisotopic (exact) mass is 333 g/mol. The fourth-order valence-corrected chi connectivity index (χ4v) is 3.40. The fraction of sp³-hybridized carbons (Fsp3) is 0.467. The zero-order chi connectivity index (χ0) is 16.4. The van der Waals surface area contributed by atoms with Crippen LogP contribution in [0, 0.1) is 0 Å². The highest BCUT2D eigenvalue weighted by Gasteiger charge is 2.23. The average Bonchev–Trinajstić information content (AvgIpc) is 3.09. The van der Waals surface area contributed by atoms with Crippen molar-refractivity contribution in [2.45, 2.75) is 13.3 Å². The van der Waals surface area contributed by atoms with Gasteiger partial charge in [0.1, 0.15) is 10.7 Å². The first-order valence-corrected chi connectivity index (χ1v) is 8.42. The molecule has 0 N–H and O–H groups in total. The topological polar surface area (TPSA) is 71.3 Å². The normalized spacial score (nSPS) is 15.6. The lowest BCUT2D eigenvalue weighted by atomic mass is 10.3. The van der Waals surface area contributed by atoms with Gasteiger partial charge in [0, 0.05) is 57.3 Å². The Balaban J connectivity index is 1.71. The summed E-state index contributed by atoms with van der Waals surface area (Å²) in [6, 6.07) is 0. The van der Waals surface area contributed by atoms with Gasteiger partial charge >= 0.3 is 0 Å². The lowest BCUT2D eigenvalue weighted by Crippen LogP contribution is -2.36. The molecule has 1 aliphatic rings. The zero-order valence-corrected chi connectivity index (χ0v) is 14.0. The zero-order valence-electron chi connectivity index (χ0n) is 13.2. The van der Waals surface area contributed by atoms with Crippen LogP contribution in [0.5, 0.6) is 0 Å². The summed E-state index contributed by atoms with van der Waals surface area (Å²) in [5, 5.41) is 6.71. The molecule has 8 heteroatoms. The van der Waals surface area contributed by atoms with Crippen LogP contribution >= 0.6 is 11.3 Å². The van der Waals surface area contributed by atoms with Crippen molar-refractivity contribution in [1.29, 1.82) is 0 Å². The van der Waals surface area contributed by atoms with Gasteiger partial charge in [-0.2, -0.15) is 5.10 Å². The van der Waals surface area contributed by atoms with Crippen LogP contribution in [-0.4, -0.2) is 62.6 Å². The number of hydrogen-bond acceptors (Lipinski definition) is 5. The van der Waals surface area contributed by atoms with Gasteiger partial charge in [-0.3, -0.25) is 14.3 Å². The third-order valence-corrected chi connectivity index (χ3v) is 4.79. The summed E-state index contributed by atoms with van der Waals surface area (Å²) >= 11 is 1.44. The minimum Gasteiger partial charge on any atom is -0.341 e. The first-order chi connectivity index (χ1) is 11.0. The van der Waals surface area contributed by atoms with Crippen LogP contribution < -0.4 is 0 Å². The summed E-state index contributed by atoms with van der Waals surface area (Å²) < 4.78 is 1.71. The van der Waals surface area contributed by atoms with E-state index >= 15 is 0 Å². The second-order valence-corrected chi connectivity index (χ2v) is 6.45. The summed E-state index contributed by atoms with van der Waals surface area (Å²) in [6.07, 6.45) is 4.42. The standard InChI is InChI=1S/C15H19N5O2S/c1-11(21)19-4-3-5-20(7-6-19)15(22)13-10-23-14(17-13)12-8-16-18(2)9-12/h8-10H,3-7H2,1-2H3. The van der Waals surface area contributed by atoms with Gasteiger partial charge in [0.2, 0.25) is 5.91 Å². The SMILES string of the molecule is CC(=O)N1CCCN(C(=O)c2csc(-c3cnn(C)c3)n2)CC1. The molecule has 0 atom stereocenters. The molecule has 23 heavy (non-hydrogen) atoms. The Labute approximate surface area is 138 Å². The molecular weight excluding hydrogens is 314 g/mol. The maximum Gasteiger partial charge on any atom is 0.273 e. The molecule has 0 bridgehead atoms. The van der Waals surface area contributed by atoms with E-state index in [1.54, 1.807) is 33.0 Å². The van der Waals surface area contributed by atoms with Crippen molar-refractivity contribution in [2.75, 3.05) is 26.2 Å². The molecule has 0 aliphatic carbocycles. The summed E-state index contributed by atoms with van der Waals surface area (Å²) in [5.41, 5.74) is 1.38. The van der Waals surface area contributed by atoms with Crippen molar-refractivity contribution >= 4 is 23.2 Å². The quantitative estimate of drug-likeness (QED) is 0.829. The van der Waals surface area contributed by atoms with Crippen LogP contribution in [0.25, 0.3) is 10.6 Å². The van der Waals surface area contributed by atoms with Crippen molar-refractivity contribution < 1.29 is 9.59 Å². The third kappa shape index (κ3) is 3.42. The number of rotatable bonds is 2. The van der Waals surface area contributed by atoms with Gasteiger partial charge in [-0.15, -0.1) is 11.3 Å². The number of aromatic nitrogens is 3. The number of carbonyl (C=O) groups is 2. The summed E-state index contributed by atoms with van der Waals surface area (Å²) in [7, 11) is 1.85. The first kappa shape index (κ1) is 15.7. The second-order valence-electron chi connectivity index (χ2n) is 5.59. The number of nitrogens with zero attached hydrogens (tertiary/aromatic N) is 5. The first-order valence-electron chi connectivity index (χ1n) is 7.54. The van der Waals surface area contributed by atoms with Crippen LogP contribution in [-0.2, 0) is 11.8 Å². The maximum atomic E-state index is 12.6. The van der Waals surface area contributed by atoms with Crippen molar-refractivity contribution in [3.63, 3.8) is 0 Å². The molecule has 0 radical (unpaired) electrons. The lowest BCUT2D eigenvalue weighted by Gasteiger charge is -2.20. The number of hydrogen-bond donors (Lipinski definition) is 0. The summed E-state index contributed by atoms with van der Waals surface area (Å²) in [4.78, 5) is 32.1. The largest absolute Gasteiger partial charge is 0.341 e. The van der Waals surface area contributed by atoms with Gasteiger partial charge in [-0.1, -0.05) is 0 Å². The molecule has 2 aromatic rings. The van der Waals surface area contributed by atoms with Crippen molar-refractivity contribution in [2.24, 2.45) is 7.05 Å². The van der Waals surface area contributed by atoms with Gasteiger partial charge in [-0.25, -0.2) is 4.98 Å². The van der Waals surface area contributed by atoms with Gasteiger partial charge in [0.15, 0.2) is 0 Å². The Kier molecular flexibility index (Phi) is 4.42. The van der Waals surface area contributed by atoms with Crippen molar-refractivity contribution in [3.05, 3.63) is 23.5 Å². The minimum atomic E-state index is -0.0678. The van der Waals surface area contributed by atoms with Crippen LogP contribution in [0.3, 0.4) is 0 Å². The third-order valence-electron chi connectivity index (χ3n) is 3.90. The molecule has 0 spiro atoms. The molecule has 122 valence electrons. The van der Waals surface area contributed by atoms with E-state index in [-0.39, 0.29) is 11.8 Å². The molecule has 0 saturated carbocycles. The molecule has 1 saturated heterocycles. The Morgan fingerprint density at radius 2 is 1.91 bits per heavy atom. The van der Waals surface area contributed by atoms with Crippen LogP contribution in [0.4, 0.5) is 0 Å². The molecule has 0 unspecified atom stereocenters. The Morgan fingerprint density at radius 3 is 2.61 bits per heavy atom. The average molecular weight is 333 g/mol. The van der Waals surface area contributed by atoms with Crippen LogP contribution in [0.1, 0.15) is 23.8 Å². The van der Waals surface area contributed by atoms with E-state index in [2.05, 4.69) is 10.1 Å². The Bertz CT molecular complexity index is 723. The molecule has 3 rings (SSSR count). The smallest absolute Gasteiger partial charge is 0.273 e. The molecular formula is C15H19N5O2S. The maximum absolute atomic E-state index is 12.6. The van der Waals surface area contributed by atoms with E-state index < -0.39 is 0 Å². The fourth-order valence-electron chi connectivity index (χ4n) is 2.63.